The molecule has 0 aromatic carbocycles. The van der Waals surface area contributed by atoms with E-state index >= 15 is 0 Å². The van der Waals surface area contributed by atoms with Crippen LogP contribution in [0.3, 0.4) is 0 Å². The van der Waals surface area contributed by atoms with Gasteiger partial charge in [-0.25, -0.2) is 0 Å². The van der Waals surface area contributed by atoms with Gasteiger partial charge in [0.05, 0.1) is 0 Å². The molecule has 1 rings (SSSR count). The summed E-state index contributed by atoms with van der Waals surface area (Å²) in [6, 6.07) is 1.99. The van der Waals surface area contributed by atoms with Crippen molar-refractivity contribution in [3.8, 4) is 0 Å². The summed E-state index contributed by atoms with van der Waals surface area (Å²) in [5, 5.41) is 12.0. The monoisotopic (exact) mass is 171 g/mol. The minimum Gasteiger partial charge on any atom is -0.265 e. The Bertz CT molecular complexity index is 257. The van der Waals surface area contributed by atoms with E-state index in [1.807, 2.05) is 18.4 Å². The van der Waals surface area contributed by atoms with E-state index in [1.165, 1.54) is 5.56 Å². The summed E-state index contributed by atoms with van der Waals surface area (Å²) in [4.78, 5) is 10.8. The molecule has 0 aliphatic rings. The third-order valence-corrected chi connectivity index (χ3v) is 2.44. The van der Waals surface area contributed by atoms with Crippen LogP contribution in [0.2, 0.25) is 0 Å². The number of nitro groups is 1. The minimum atomic E-state index is -0.283. The van der Waals surface area contributed by atoms with E-state index < -0.39 is 0 Å². The lowest BCUT2D eigenvalue weighted by Gasteiger charge is -1.88. The highest BCUT2D eigenvalue weighted by molar-refractivity contribution is 7.10. The van der Waals surface area contributed by atoms with Crippen molar-refractivity contribution in [2.24, 2.45) is 0 Å². The Hall–Kier alpha value is -0.900. The number of hydrogen-bond donors (Lipinski definition) is 0. The van der Waals surface area contributed by atoms with Crippen LogP contribution in [0.1, 0.15) is 10.4 Å². The van der Waals surface area contributed by atoms with Crippen molar-refractivity contribution in [1.82, 2.24) is 0 Å². The number of nitrogens with zero attached hydrogens (tertiary/aromatic N) is 1. The van der Waals surface area contributed by atoms with Crippen LogP contribution in [-0.2, 0) is 6.42 Å². The molecule has 1 heterocycles. The smallest absolute Gasteiger partial charge is 0.208 e. The van der Waals surface area contributed by atoms with Gasteiger partial charge in [0, 0.05) is 16.2 Å². The molecule has 0 saturated carbocycles. The topological polar surface area (TPSA) is 43.1 Å². The predicted octanol–water partition coefficient (Wildman–Crippen LogP) is 1.88. The lowest BCUT2D eigenvalue weighted by molar-refractivity contribution is -0.479. The molecule has 0 saturated heterocycles. The first-order valence-electron chi connectivity index (χ1n) is 3.34. The van der Waals surface area contributed by atoms with Crippen molar-refractivity contribution in [2.75, 3.05) is 6.54 Å². The molecule has 0 atom stereocenters. The average molecular weight is 171 g/mol. The van der Waals surface area contributed by atoms with Gasteiger partial charge in [-0.2, -0.15) is 0 Å². The second-order valence-corrected chi connectivity index (χ2v) is 3.39. The molecule has 1 aromatic heterocycles. The summed E-state index contributed by atoms with van der Waals surface area (Å²) in [7, 11) is 0. The largest absolute Gasteiger partial charge is 0.265 e. The van der Waals surface area contributed by atoms with Crippen LogP contribution in [0.25, 0.3) is 0 Å². The maximum atomic E-state index is 9.99. The van der Waals surface area contributed by atoms with E-state index in [-0.39, 0.29) is 11.5 Å². The fourth-order valence-corrected chi connectivity index (χ4v) is 1.69. The molecular formula is C7H9NO2S. The Balaban J connectivity index is 2.45. The molecule has 0 fully saturated rings. The van der Waals surface area contributed by atoms with Crippen molar-refractivity contribution in [2.45, 2.75) is 13.3 Å². The van der Waals surface area contributed by atoms with Crippen molar-refractivity contribution in [3.63, 3.8) is 0 Å². The van der Waals surface area contributed by atoms with Gasteiger partial charge in [0.1, 0.15) is 0 Å². The van der Waals surface area contributed by atoms with Crippen LogP contribution in [0.5, 0.6) is 0 Å². The van der Waals surface area contributed by atoms with Crippen LogP contribution in [0.15, 0.2) is 11.4 Å². The van der Waals surface area contributed by atoms with Gasteiger partial charge in [-0.15, -0.1) is 11.3 Å². The first-order valence-corrected chi connectivity index (χ1v) is 4.22. The normalized spacial score (nSPS) is 9.91. The SMILES string of the molecule is Cc1csc(CC[N+](=O)[O-])c1. The molecule has 4 heteroatoms. The molecule has 0 amide bonds. The molecule has 11 heavy (non-hydrogen) atoms. The summed E-state index contributed by atoms with van der Waals surface area (Å²) >= 11 is 1.59. The quantitative estimate of drug-likeness (QED) is 0.514. The number of hydrogen-bond acceptors (Lipinski definition) is 3. The third kappa shape index (κ3) is 2.67. The molecule has 0 aliphatic heterocycles. The Labute approximate surface area is 68.8 Å². The number of rotatable bonds is 3. The molecule has 0 N–H and O–H groups in total. The third-order valence-electron chi connectivity index (χ3n) is 1.33. The van der Waals surface area contributed by atoms with Crippen LogP contribution < -0.4 is 0 Å². The van der Waals surface area contributed by atoms with Gasteiger partial charge in [-0.05, 0) is 23.9 Å². The lowest BCUT2D eigenvalue weighted by Crippen LogP contribution is -2.02. The van der Waals surface area contributed by atoms with E-state index in [0.717, 1.165) is 4.88 Å². The number of thiophene rings is 1. The Morgan fingerprint density at radius 1 is 1.73 bits per heavy atom. The molecule has 0 bridgehead atoms. The van der Waals surface area contributed by atoms with Gasteiger partial charge in [-0.1, -0.05) is 0 Å². The number of aryl methyl sites for hydroxylation is 1. The van der Waals surface area contributed by atoms with Gasteiger partial charge >= 0.3 is 0 Å². The summed E-state index contributed by atoms with van der Waals surface area (Å²) in [6.07, 6.45) is 0.561. The maximum Gasteiger partial charge on any atom is 0.208 e. The fourth-order valence-electron chi connectivity index (χ4n) is 0.823. The van der Waals surface area contributed by atoms with Crippen molar-refractivity contribution >= 4 is 11.3 Å². The highest BCUT2D eigenvalue weighted by Gasteiger charge is 2.00. The van der Waals surface area contributed by atoms with Crippen LogP contribution in [-0.4, -0.2) is 11.5 Å². The van der Waals surface area contributed by atoms with E-state index in [1.54, 1.807) is 11.3 Å². The molecular weight excluding hydrogens is 162 g/mol. The van der Waals surface area contributed by atoms with E-state index in [2.05, 4.69) is 0 Å². The molecule has 0 unspecified atom stereocenters. The molecule has 0 spiro atoms. The van der Waals surface area contributed by atoms with Gasteiger partial charge in [0.2, 0.25) is 6.54 Å². The first-order chi connectivity index (χ1) is 5.18. The summed E-state index contributed by atoms with van der Waals surface area (Å²) in [5.41, 5.74) is 1.19. The minimum absolute atomic E-state index is 0.0416. The zero-order chi connectivity index (χ0) is 8.27. The van der Waals surface area contributed by atoms with E-state index in [9.17, 15) is 10.1 Å². The summed E-state index contributed by atoms with van der Waals surface area (Å²) < 4.78 is 0. The fraction of sp³-hybridized carbons (Fsp3) is 0.429. The molecule has 3 nitrogen and oxygen atoms in total. The lowest BCUT2D eigenvalue weighted by atomic mass is 10.3. The van der Waals surface area contributed by atoms with Crippen molar-refractivity contribution < 1.29 is 4.92 Å². The first kappa shape index (κ1) is 8.20. The highest BCUT2D eigenvalue weighted by Crippen LogP contribution is 2.13. The average Bonchev–Trinajstić information content (AvgIpc) is 2.31. The Kier molecular flexibility index (Phi) is 2.59. The van der Waals surface area contributed by atoms with Crippen molar-refractivity contribution in [1.29, 1.82) is 0 Å². The van der Waals surface area contributed by atoms with E-state index in [0.29, 0.717) is 6.42 Å². The summed E-state index contributed by atoms with van der Waals surface area (Å²) in [6.45, 7) is 2.03. The Morgan fingerprint density at radius 3 is 2.91 bits per heavy atom. The van der Waals surface area contributed by atoms with Crippen LogP contribution in [0, 0.1) is 17.0 Å². The Morgan fingerprint density at radius 2 is 2.45 bits per heavy atom. The molecule has 0 aliphatic carbocycles. The maximum absolute atomic E-state index is 9.99. The highest BCUT2D eigenvalue weighted by atomic mass is 32.1. The van der Waals surface area contributed by atoms with E-state index in [4.69, 9.17) is 0 Å². The van der Waals surface area contributed by atoms with Crippen LogP contribution in [0.4, 0.5) is 0 Å². The summed E-state index contributed by atoms with van der Waals surface area (Å²) in [5.74, 6) is 0. The molecule has 1 aromatic rings. The molecule has 0 radical (unpaired) electrons. The second-order valence-electron chi connectivity index (χ2n) is 2.40. The second kappa shape index (κ2) is 3.48. The van der Waals surface area contributed by atoms with Crippen LogP contribution >= 0.6 is 11.3 Å². The van der Waals surface area contributed by atoms with Gasteiger partial charge in [0.15, 0.2) is 0 Å². The van der Waals surface area contributed by atoms with Gasteiger partial charge in [0.25, 0.3) is 0 Å². The molecule has 60 valence electrons. The van der Waals surface area contributed by atoms with Gasteiger partial charge in [-0.3, -0.25) is 10.1 Å². The standard InChI is InChI=1S/C7H9NO2S/c1-6-4-7(11-5-6)2-3-8(9)10/h4-5H,2-3H2,1H3. The van der Waals surface area contributed by atoms with Gasteiger partial charge < -0.3 is 0 Å². The zero-order valence-corrected chi connectivity index (χ0v) is 7.06. The predicted molar refractivity (Wildman–Crippen MR) is 44.6 cm³/mol. The van der Waals surface area contributed by atoms with Crippen molar-refractivity contribution in [3.05, 3.63) is 32.0 Å². The zero-order valence-electron chi connectivity index (χ0n) is 6.24.